The van der Waals surface area contributed by atoms with Crippen LogP contribution in [-0.4, -0.2) is 46.9 Å². The van der Waals surface area contributed by atoms with Gasteiger partial charge in [-0.15, -0.1) is 0 Å². The molecule has 0 radical (unpaired) electrons. The fraction of sp³-hybridized carbons (Fsp3) is 0.444. The van der Waals surface area contributed by atoms with E-state index < -0.39 is 0 Å². The summed E-state index contributed by atoms with van der Waals surface area (Å²) in [5.41, 5.74) is 2.03. The third-order valence-corrected chi connectivity index (χ3v) is 4.80. The Morgan fingerprint density at radius 2 is 2.27 bits per heavy atom. The number of benzene rings is 1. The van der Waals surface area contributed by atoms with Crippen molar-refractivity contribution in [3.8, 4) is 0 Å². The van der Waals surface area contributed by atoms with Crippen LogP contribution in [0.25, 0.3) is 0 Å². The van der Waals surface area contributed by atoms with E-state index in [1.807, 2.05) is 31.6 Å². The Morgan fingerprint density at radius 3 is 2.96 bits per heavy atom. The summed E-state index contributed by atoms with van der Waals surface area (Å²) < 4.78 is 7.71. The first-order valence-corrected chi connectivity index (χ1v) is 9.39. The number of hydrogen-bond acceptors (Lipinski definition) is 3. The monoisotopic (exact) mass is 395 g/mol. The molecule has 1 aliphatic heterocycles. The lowest BCUT2D eigenvalue weighted by molar-refractivity contribution is -0.00805. The Labute approximate surface area is 163 Å². The Hall–Kier alpha value is -1.76. The van der Waals surface area contributed by atoms with Gasteiger partial charge in [0, 0.05) is 41.9 Å². The third-order valence-electron chi connectivity index (χ3n) is 4.21. The number of aryl methyl sites for hydroxylation is 1. The van der Waals surface area contributed by atoms with E-state index in [4.69, 9.17) is 32.9 Å². The SMILES string of the molecule is CCNC(=NCc1ccc(Cl)cc1Cl)N1CCOC(c2cnn(C)c2)C1. The Balaban J connectivity index is 1.73. The minimum Gasteiger partial charge on any atom is -0.370 e. The molecular formula is C18H23Cl2N5O. The van der Waals surface area contributed by atoms with Crippen LogP contribution in [0.15, 0.2) is 35.6 Å². The normalized spacial score (nSPS) is 18.2. The van der Waals surface area contributed by atoms with Gasteiger partial charge in [-0.3, -0.25) is 4.68 Å². The molecule has 6 nitrogen and oxygen atoms in total. The first kappa shape index (κ1) is 19.0. The van der Waals surface area contributed by atoms with E-state index in [1.165, 1.54) is 0 Å². The summed E-state index contributed by atoms with van der Waals surface area (Å²) in [4.78, 5) is 6.98. The highest BCUT2D eigenvalue weighted by molar-refractivity contribution is 6.35. The summed E-state index contributed by atoms with van der Waals surface area (Å²) in [6.07, 6.45) is 3.83. The van der Waals surface area contributed by atoms with Crippen molar-refractivity contribution in [3.05, 3.63) is 51.8 Å². The van der Waals surface area contributed by atoms with E-state index in [2.05, 4.69) is 22.2 Å². The minimum absolute atomic E-state index is 0.0135. The summed E-state index contributed by atoms with van der Waals surface area (Å²) in [6.45, 7) is 5.51. The molecule has 1 saturated heterocycles. The predicted molar refractivity (Wildman–Crippen MR) is 105 cm³/mol. The number of nitrogens with one attached hydrogen (secondary N) is 1. The molecule has 26 heavy (non-hydrogen) atoms. The molecule has 1 fully saturated rings. The molecule has 3 rings (SSSR count). The van der Waals surface area contributed by atoms with Crippen LogP contribution >= 0.6 is 23.2 Å². The highest BCUT2D eigenvalue weighted by Crippen LogP contribution is 2.23. The summed E-state index contributed by atoms with van der Waals surface area (Å²) in [6, 6.07) is 5.49. The molecule has 1 unspecified atom stereocenters. The van der Waals surface area contributed by atoms with Gasteiger partial charge in [0.1, 0.15) is 6.10 Å². The van der Waals surface area contributed by atoms with Crippen LogP contribution in [0.1, 0.15) is 24.2 Å². The van der Waals surface area contributed by atoms with Crippen LogP contribution < -0.4 is 5.32 Å². The molecule has 2 aromatic rings. The number of morpholine rings is 1. The van der Waals surface area contributed by atoms with Gasteiger partial charge in [0.25, 0.3) is 0 Å². The maximum atomic E-state index is 6.26. The molecule has 1 N–H and O–H groups in total. The molecule has 0 spiro atoms. The van der Waals surface area contributed by atoms with Gasteiger partial charge in [0.15, 0.2) is 5.96 Å². The molecule has 0 amide bonds. The second kappa shape index (κ2) is 8.75. The van der Waals surface area contributed by atoms with Crippen molar-refractivity contribution >= 4 is 29.2 Å². The molecule has 1 atom stereocenters. The number of halogens is 2. The zero-order chi connectivity index (χ0) is 18.5. The molecule has 1 aromatic carbocycles. The molecule has 1 aliphatic rings. The fourth-order valence-corrected chi connectivity index (χ4v) is 3.35. The summed E-state index contributed by atoms with van der Waals surface area (Å²) in [5, 5.41) is 8.86. The first-order chi connectivity index (χ1) is 12.6. The molecule has 0 bridgehead atoms. The molecule has 0 saturated carbocycles. The van der Waals surface area contributed by atoms with Crippen molar-refractivity contribution in [1.82, 2.24) is 20.0 Å². The molecule has 0 aliphatic carbocycles. The number of ether oxygens (including phenoxy) is 1. The quantitative estimate of drug-likeness (QED) is 0.637. The van der Waals surface area contributed by atoms with Gasteiger partial charge < -0.3 is 15.0 Å². The smallest absolute Gasteiger partial charge is 0.194 e. The topological polar surface area (TPSA) is 54.7 Å². The van der Waals surface area contributed by atoms with E-state index in [9.17, 15) is 0 Å². The van der Waals surface area contributed by atoms with Gasteiger partial charge in [0.05, 0.1) is 25.9 Å². The highest BCUT2D eigenvalue weighted by Gasteiger charge is 2.25. The van der Waals surface area contributed by atoms with Gasteiger partial charge in [-0.25, -0.2) is 4.99 Å². The van der Waals surface area contributed by atoms with E-state index in [1.54, 1.807) is 10.7 Å². The summed E-state index contributed by atoms with van der Waals surface area (Å²) in [5.74, 6) is 0.857. The maximum absolute atomic E-state index is 6.26. The standard InChI is InChI=1S/C18H23Cl2N5O/c1-3-21-18(22-9-13-4-5-15(19)8-16(13)20)25-6-7-26-17(12-25)14-10-23-24(2)11-14/h4-5,8,10-11,17H,3,6-7,9,12H2,1-2H3,(H,21,22). The van der Waals surface area contributed by atoms with Crippen molar-refractivity contribution in [2.75, 3.05) is 26.2 Å². The number of rotatable bonds is 4. The molecule has 1 aromatic heterocycles. The van der Waals surface area contributed by atoms with Crippen LogP contribution in [0, 0.1) is 0 Å². The van der Waals surface area contributed by atoms with Crippen LogP contribution in [-0.2, 0) is 18.3 Å². The number of guanidine groups is 1. The molecule has 140 valence electrons. The van der Waals surface area contributed by atoms with Crippen LogP contribution in [0.5, 0.6) is 0 Å². The van der Waals surface area contributed by atoms with Gasteiger partial charge in [-0.2, -0.15) is 5.10 Å². The maximum Gasteiger partial charge on any atom is 0.194 e. The largest absolute Gasteiger partial charge is 0.370 e. The van der Waals surface area contributed by atoms with Gasteiger partial charge >= 0.3 is 0 Å². The van der Waals surface area contributed by atoms with Crippen molar-refractivity contribution in [3.63, 3.8) is 0 Å². The lowest BCUT2D eigenvalue weighted by Gasteiger charge is -2.34. The highest BCUT2D eigenvalue weighted by atomic mass is 35.5. The lowest BCUT2D eigenvalue weighted by atomic mass is 10.1. The van der Waals surface area contributed by atoms with E-state index in [-0.39, 0.29) is 6.10 Å². The molecular weight excluding hydrogens is 373 g/mol. The number of nitrogens with zero attached hydrogens (tertiary/aromatic N) is 4. The second-order valence-corrected chi connectivity index (χ2v) is 7.00. The van der Waals surface area contributed by atoms with Crippen molar-refractivity contribution < 1.29 is 4.74 Å². The van der Waals surface area contributed by atoms with Gasteiger partial charge in [-0.05, 0) is 24.6 Å². The van der Waals surface area contributed by atoms with Crippen LogP contribution in [0.2, 0.25) is 10.0 Å². The Bertz CT molecular complexity index is 777. The predicted octanol–water partition coefficient (Wildman–Crippen LogP) is 3.27. The average molecular weight is 396 g/mol. The zero-order valence-corrected chi connectivity index (χ0v) is 16.5. The molecule has 2 heterocycles. The number of aromatic nitrogens is 2. The Kier molecular flexibility index (Phi) is 6.40. The third kappa shape index (κ3) is 4.69. The van der Waals surface area contributed by atoms with E-state index >= 15 is 0 Å². The van der Waals surface area contributed by atoms with Gasteiger partial charge in [0.2, 0.25) is 0 Å². The van der Waals surface area contributed by atoms with E-state index in [0.29, 0.717) is 23.2 Å². The zero-order valence-electron chi connectivity index (χ0n) is 15.0. The lowest BCUT2D eigenvalue weighted by Crippen LogP contribution is -2.48. The van der Waals surface area contributed by atoms with Crippen molar-refractivity contribution in [1.29, 1.82) is 0 Å². The van der Waals surface area contributed by atoms with E-state index in [0.717, 1.165) is 36.7 Å². The summed E-state index contributed by atoms with van der Waals surface area (Å²) >= 11 is 12.2. The second-order valence-electron chi connectivity index (χ2n) is 6.16. The van der Waals surface area contributed by atoms with Crippen molar-refractivity contribution in [2.45, 2.75) is 19.6 Å². The first-order valence-electron chi connectivity index (χ1n) is 8.64. The average Bonchev–Trinajstić information content (AvgIpc) is 3.06. The number of aliphatic imine (C=N–C) groups is 1. The Morgan fingerprint density at radius 1 is 1.42 bits per heavy atom. The van der Waals surface area contributed by atoms with Crippen LogP contribution in [0.3, 0.4) is 0 Å². The fourth-order valence-electron chi connectivity index (χ4n) is 2.89. The summed E-state index contributed by atoms with van der Waals surface area (Å²) in [7, 11) is 1.91. The minimum atomic E-state index is -0.0135. The number of hydrogen-bond donors (Lipinski definition) is 1. The van der Waals surface area contributed by atoms with Crippen molar-refractivity contribution in [2.24, 2.45) is 12.0 Å². The molecule has 8 heteroatoms. The van der Waals surface area contributed by atoms with Crippen LogP contribution in [0.4, 0.5) is 0 Å². The van der Waals surface area contributed by atoms with Gasteiger partial charge in [-0.1, -0.05) is 29.3 Å².